The smallest absolute Gasteiger partial charge is 0.151 e. The van der Waals surface area contributed by atoms with Gasteiger partial charge in [0.1, 0.15) is 5.75 Å². The average Bonchev–Trinajstić information content (AvgIpc) is 2.44. The van der Waals surface area contributed by atoms with E-state index in [9.17, 15) is 0 Å². The number of nitrogens with zero attached hydrogens (tertiary/aromatic N) is 2. The second-order valence-electron chi connectivity index (χ2n) is 4.26. The van der Waals surface area contributed by atoms with Crippen molar-refractivity contribution in [3.05, 3.63) is 54.6 Å². The van der Waals surface area contributed by atoms with Gasteiger partial charge in [-0.15, -0.1) is 0 Å². The van der Waals surface area contributed by atoms with E-state index in [-0.39, 0.29) is 0 Å². The molecule has 0 aliphatic rings. The molecule has 0 saturated heterocycles. The highest BCUT2D eigenvalue weighted by Gasteiger charge is 2.08. The van der Waals surface area contributed by atoms with E-state index >= 15 is 0 Å². The average molecular weight is 251 g/mol. The number of aromatic nitrogens is 2. The van der Waals surface area contributed by atoms with Crippen molar-refractivity contribution >= 4 is 16.5 Å². The van der Waals surface area contributed by atoms with Crippen LogP contribution in [0.4, 0.5) is 5.69 Å². The Bertz CT molecular complexity index is 740. The monoisotopic (exact) mass is 251 g/mol. The van der Waals surface area contributed by atoms with Crippen molar-refractivity contribution < 1.29 is 4.74 Å². The first-order chi connectivity index (χ1) is 9.25. The molecule has 0 radical (unpaired) electrons. The van der Waals surface area contributed by atoms with E-state index in [0.717, 1.165) is 16.5 Å². The fourth-order valence-electron chi connectivity index (χ4n) is 1.96. The topological polar surface area (TPSA) is 61.0 Å². The Labute approximate surface area is 110 Å². The number of benzene rings is 1. The Morgan fingerprint density at radius 2 is 1.95 bits per heavy atom. The highest BCUT2D eigenvalue weighted by Crippen LogP contribution is 2.33. The fraction of sp³-hybridized carbons (Fsp3) is 0.0667. The zero-order valence-electron chi connectivity index (χ0n) is 10.5. The molecule has 0 spiro atoms. The van der Waals surface area contributed by atoms with Crippen LogP contribution in [0.5, 0.6) is 11.5 Å². The van der Waals surface area contributed by atoms with E-state index in [4.69, 9.17) is 10.5 Å². The molecule has 94 valence electrons. The van der Waals surface area contributed by atoms with Gasteiger partial charge in [0.25, 0.3) is 0 Å². The molecular formula is C15H13N3O. The van der Waals surface area contributed by atoms with Crippen molar-refractivity contribution in [1.82, 2.24) is 9.97 Å². The summed E-state index contributed by atoms with van der Waals surface area (Å²) in [6.45, 7) is 1.90. The van der Waals surface area contributed by atoms with Gasteiger partial charge in [-0.3, -0.25) is 9.97 Å². The van der Waals surface area contributed by atoms with Gasteiger partial charge in [-0.2, -0.15) is 0 Å². The number of fused-ring (bicyclic) bond motifs is 1. The molecule has 4 nitrogen and oxygen atoms in total. The first-order valence-corrected chi connectivity index (χ1v) is 5.97. The molecular weight excluding hydrogens is 238 g/mol. The molecule has 3 aromatic rings. The Kier molecular flexibility index (Phi) is 2.76. The molecule has 2 N–H and O–H groups in total. The summed E-state index contributed by atoms with van der Waals surface area (Å²) in [6, 6.07) is 9.39. The third-order valence-corrected chi connectivity index (χ3v) is 3.00. The normalized spacial score (nSPS) is 10.6. The van der Waals surface area contributed by atoms with Gasteiger partial charge >= 0.3 is 0 Å². The maximum atomic E-state index is 6.14. The standard InChI is InChI=1S/C15H13N3O/c1-10-13(3-2-7-18-10)19-14-5-4-11-9-17-8-6-12(11)15(14)16/h2-9H,16H2,1H3. The fourth-order valence-corrected chi connectivity index (χ4v) is 1.96. The lowest BCUT2D eigenvalue weighted by Gasteiger charge is -2.11. The lowest BCUT2D eigenvalue weighted by atomic mass is 10.1. The van der Waals surface area contributed by atoms with Crippen molar-refractivity contribution in [2.24, 2.45) is 0 Å². The summed E-state index contributed by atoms with van der Waals surface area (Å²) < 4.78 is 5.84. The second kappa shape index (κ2) is 4.57. The first kappa shape index (κ1) is 11.5. The van der Waals surface area contributed by atoms with Crippen LogP contribution >= 0.6 is 0 Å². The molecule has 0 unspecified atom stereocenters. The number of nitrogens with two attached hydrogens (primary N) is 1. The number of ether oxygens (including phenoxy) is 1. The number of hydrogen-bond acceptors (Lipinski definition) is 4. The van der Waals surface area contributed by atoms with Crippen LogP contribution < -0.4 is 10.5 Å². The third kappa shape index (κ3) is 2.08. The molecule has 2 aromatic heterocycles. The Balaban J connectivity index is 2.07. The number of hydrogen-bond donors (Lipinski definition) is 1. The maximum Gasteiger partial charge on any atom is 0.151 e. The van der Waals surface area contributed by atoms with Crippen molar-refractivity contribution in [3.8, 4) is 11.5 Å². The lowest BCUT2D eigenvalue weighted by Crippen LogP contribution is -1.95. The van der Waals surface area contributed by atoms with E-state index < -0.39 is 0 Å². The molecule has 0 aliphatic heterocycles. The number of aryl methyl sites for hydroxylation is 1. The zero-order valence-corrected chi connectivity index (χ0v) is 10.5. The Hall–Kier alpha value is -2.62. The minimum Gasteiger partial charge on any atom is -0.453 e. The van der Waals surface area contributed by atoms with Gasteiger partial charge in [-0.1, -0.05) is 0 Å². The largest absolute Gasteiger partial charge is 0.453 e. The molecule has 1 aromatic carbocycles. The number of anilines is 1. The van der Waals surface area contributed by atoms with Gasteiger partial charge in [-0.05, 0) is 37.3 Å². The van der Waals surface area contributed by atoms with Crippen LogP contribution in [0.15, 0.2) is 48.9 Å². The van der Waals surface area contributed by atoms with Crippen LogP contribution in [0.3, 0.4) is 0 Å². The van der Waals surface area contributed by atoms with Gasteiger partial charge in [0, 0.05) is 29.4 Å². The van der Waals surface area contributed by atoms with Crippen LogP contribution in [0.25, 0.3) is 10.8 Å². The van der Waals surface area contributed by atoms with Gasteiger partial charge in [-0.25, -0.2) is 0 Å². The second-order valence-corrected chi connectivity index (χ2v) is 4.26. The molecule has 0 aliphatic carbocycles. The molecule has 3 rings (SSSR count). The van der Waals surface area contributed by atoms with Gasteiger partial charge in [0.2, 0.25) is 0 Å². The molecule has 0 fully saturated rings. The molecule has 0 bridgehead atoms. The Morgan fingerprint density at radius 3 is 2.79 bits per heavy atom. The van der Waals surface area contributed by atoms with Crippen LogP contribution in [-0.2, 0) is 0 Å². The lowest BCUT2D eigenvalue weighted by molar-refractivity contribution is 0.478. The summed E-state index contributed by atoms with van der Waals surface area (Å²) in [5.74, 6) is 1.34. The summed E-state index contributed by atoms with van der Waals surface area (Å²) in [5, 5.41) is 1.93. The van der Waals surface area contributed by atoms with Crippen molar-refractivity contribution in [2.45, 2.75) is 6.92 Å². The van der Waals surface area contributed by atoms with Gasteiger partial charge in [0.15, 0.2) is 5.75 Å². The summed E-state index contributed by atoms with van der Waals surface area (Å²) in [5.41, 5.74) is 7.59. The van der Waals surface area contributed by atoms with Gasteiger partial charge < -0.3 is 10.5 Å². The summed E-state index contributed by atoms with van der Waals surface area (Å²) in [4.78, 5) is 8.27. The zero-order chi connectivity index (χ0) is 13.2. The number of rotatable bonds is 2. The van der Waals surface area contributed by atoms with Crippen LogP contribution in [-0.4, -0.2) is 9.97 Å². The first-order valence-electron chi connectivity index (χ1n) is 5.97. The molecule has 4 heteroatoms. The quantitative estimate of drug-likeness (QED) is 0.710. The van der Waals surface area contributed by atoms with Crippen molar-refractivity contribution in [1.29, 1.82) is 0 Å². The molecule has 0 amide bonds. The SMILES string of the molecule is Cc1ncccc1Oc1ccc2cnccc2c1N. The maximum absolute atomic E-state index is 6.14. The van der Waals surface area contributed by atoms with E-state index in [0.29, 0.717) is 17.2 Å². The molecule has 19 heavy (non-hydrogen) atoms. The molecule has 0 saturated carbocycles. The van der Waals surface area contributed by atoms with E-state index in [2.05, 4.69) is 9.97 Å². The number of pyridine rings is 2. The van der Waals surface area contributed by atoms with E-state index in [1.54, 1.807) is 18.6 Å². The summed E-state index contributed by atoms with van der Waals surface area (Å²) in [6.07, 6.45) is 5.24. The van der Waals surface area contributed by atoms with E-state index in [1.807, 2.05) is 37.3 Å². The minimum absolute atomic E-state index is 0.614. The van der Waals surface area contributed by atoms with Crippen molar-refractivity contribution in [3.63, 3.8) is 0 Å². The third-order valence-electron chi connectivity index (χ3n) is 3.00. The van der Waals surface area contributed by atoms with Crippen LogP contribution in [0.2, 0.25) is 0 Å². The predicted octanol–water partition coefficient (Wildman–Crippen LogP) is 3.31. The number of nitrogen functional groups attached to an aromatic ring is 1. The minimum atomic E-state index is 0.614. The van der Waals surface area contributed by atoms with Crippen molar-refractivity contribution in [2.75, 3.05) is 5.73 Å². The summed E-state index contributed by atoms with van der Waals surface area (Å²) >= 11 is 0. The van der Waals surface area contributed by atoms with Crippen LogP contribution in [0, 0.1) is 6.92 Å². The van der Waals surface area contributed by atoms with Crippen LogP contribution in [0.1, 0.15) is 5.69 Å². The Morgan fingerprint density at radius 1 is 1.05 bits per heavy atom. The molecule has 2 heterocycles. The highest BCUT2D eigenvalue weighted by molar-refractivity contribution is 5.95. The summed E-state index contributed by atoms with van der Waals surface area (Å²) in [7, 11) is 0. The molecule has 0 atom stereocenters. The van der Waals surface area contributed by atoms with Gasteiger partial charge in [0.05, 0.1) is 11.4 Å². The highest BCUT2D eigenvalue weighted by atomic mass is 16.5. The predicted molar refractivity (Wildman–Crippen MR) is 75.2 cm³/mol. The van der Waals surface area contributed by atoms with E-state index in [1.165, 1.54) is 0 Å².